The Kier molecular flexibility index (Phi) is 5.09. The number of carbonyl (C=O) groups is 1. The zero-order chi connectivity index (χ0) is 21.3. The SMILES string of the molecule is CCc1c(C)nc(-n2nc(C)cc2NC(=O)/C=C/c2ccc3c(c2)OCO3)[nH]c1=O. The number of benzene rings is 1. The van der Waals surface area contributed by atoms with E-state index in [0.29, 0.717) is 40.7 Å². The van der Waals surface area contributed by atoms with Gasteiger partial charge in [-0.15, -0.1) is 0 Å². The first kappa shape index (κ1) is 19.4. The summed E-state index contributed by atoms with van der Waals surface area (Å²) in [6.07, 6.45) is 3.66. The van der Waals surface area contributed by atoms with E-state index in [1.807, 2.05) is 13.0 Å². The second-order valence-corrected chi connectivity index (χ2v) is 6.83. The molecule has 4 rings (SSSR count). The molecule has 9 heteroatoms. The van der Waals surface area contributed by atoms with Crippen LogP contribution in [-0.2, 0) is 11.2 Å². The fourth-order valence-corrected chi connectivity index (χ4v) is 3.22. The van der Waals surface area contributed by atoms with Gasteiger partial charge >= 0.3 is 0 Å². The number of fused-ring (bicyclic) bond motifs is 1. The number of hydrogen-bond acceptors (Lipinski definition) is 6. The molecular weight excluding hydrogens is 386 g/mol. The first-order valence-corrected chi connectivity index (χ1v) is 9.50. The molecule has 3 aromatic rings. The van der Waals surface area contributed by atoms with Gasteiger partial charge < -0.3 is 14.8 Å². The fourth-order valence-electron chi connectivity index (χ4n) is 3.22. The van der Waals surface area contributed by atoms with E-state index in [1.54, 1.807) is 38.1 Å². The molecule has 0 fully saturated rings. The molecule has 0 unspecified atom stereocenters. The van der Waals surface area contributed by atoms with Crippen LogP contribution in [0, 0.1) is 13.8 Å². The topological polar surface area (TPSA) is 111 Å². The quantitative estimate of drug-likeness (QED) is 0.629. The fraction of sp³-hybridized carbons (Fsp3) is 0.238. The monoisotopic (exact) mass is 407 g/mol. The van der Waals surface area contributed by atoms with Gasteiger partial charge in [0.15, 0.2) is 11.5 Å². The van der Waals surface area contributed by atoms with E-state index in [2.05, 4.69) is 20.4 Å². The smallest absolute Gasteiger partial charge is 0.255 e. The normalized spacial score (nSPS) is 12.5. The van der Waals surface area contributed by atoms with Gasteiger partial charge in [-0.1, -0.05) is 13.0 Å². The maximum absolute atomic E-state index is 12.5. The Hall–Kier alpha value is -3.88. The minimum absolute atomic E-state index is 0.196. The summed E-state index contributed by atoms with van der Waals surface area (Å²) in [4.78, 5) is 31.9. The number of nitrogens with one attached hydrogen (secondary N) is 2. The molecule has 1 aliphatic heterocycles. The molecule has 0 saturated carbocycles. The molecule has 2 aromatic heterocycles. The van der Waals surface area contributed by atoms with Gasteiger partial charge in [0.05, 0.1) is 5.69 Å². The maximum atomic E-state index is 12.5. The zero-order valence-corrected chi connectivity index (χ0v) is 16.9. The summed E-state index contributed by atoms with van der Waals surface area (Å²) < 4.78 is 12.0. The van der Waals surface area contributed by atoms with Gasteiger partial charge in [0.1, 0.15) is 5.82 Å². The average Bonchev–Trinajstić information content (AvgIpc) is 3.31. The van der Waals surface area contributed by atoms with Crippen LogP contribution in [0.1, 0.15) is 29.4 Å². The van der Waals surface area contributed by atoms with Crippen molar-refractivity contribution in [2.24, 2.45) is 0 Å². The van der Waals surface area contributed by atoms with Gasteiger partial charge in [0.25, 0.3) is 5.56 Å². The average molecular weight is 407 g/mol. The highest BCUT2D eigenvalue weighted by Crippen LogP contribution is 2.32. The predicted molar refractivity (Wildman–Crippen MR) is 111 cm³/mol. The number of aromatic amines is 1. The highest BCUT2D eigenvalue weighted by atomic mass is 16.7. The Balaban J connectivity index is 1.56. The summed E-state index contributed by atoms with van der Waals surface area (Å²) >= 11 is 0. The number of amides is 1. The summed E-state index contributed by atoms with van der Waals surface area (Å²) in [5.74, 6) is 1.63. The molecule has 154 valence electrons. The van der Waals surface area contributed by atoms with Crippen molar-refractivity contribution in [3.05, 3.63) is 63.2 Å². The second-order valence-electron chi connectivity index (χ2n) is 6.83. The van der Waals surface area contributed by atoms with Gasteiger partial charge in [0.2, 0.25) is 18.6 Å². The molecule has 0 saturated heterocycles. The van der Waals surface area contributed by atoms with Crippen molar-refractivity contribution in [3.8, 4) is 17.4 Å². The Morgan fingerprint density at radius 3 is 2.83 bits per heavy atom. The molecule has 0 bridgehead atoms. The minimum atomic E-state index is -0.349. The second kappa shape index (κ2) is 7.86. The lowest BCUT2D eigenvalue weighted by Gasteiger charge is -2.09. The largest absolute Gasteiger partial charge is 0.454 e. The van der Waals surface area contributed by atoms with Crippen molar-refractivity contribution in [1.82, 2.24) is 19.7 Å². The number of ether oxygens (including phenoxy) is 2. The number of carbonyl (C=O) groups excluding carboxylic acids is 1. The van der Waals surface area contributed by atoms with E-state index in [1.165, 1.54) is 10.8 Å². The van der Waals surface area contributed by atoms with Crippen molar-refractivity contribution in [1.29, 1.82) is 0 Å². The number of anilines is 1. The van der Waals surface area contributed by atoms with E-state index in [-0.39, 0.29) is 24.2 Å². The number of nitrogens with zero attached hydrogens (tertiary/aromatic N) is 3. The lowest BCUT2D eigenvalue weighted by molar-refractivity contribution is -0.111. The minimum Gasteiger partial charge on any atom is -0.454 e. The van der Waals surface area contributed by atoms with E-state index >= 15 is 0 Å². The summed E-state index contributed by atoms with van der Waals surface area (Å²) in [5, 5.41) is 7.12. The van der Waals surface area contributed by atoms with Crippen molar-refractivity contribution < 1.29 is 14.3 Å². The predicted octanol–water partition coefficient (Wildman–Crippen LogP) is 2.52. The van der Waals surface area contributed by atoms with Crippen molar-refractivity contribution in [2.75, 3.05) is 12.1 Å². The molecule has 0 radical (unpaired) electrons. The summed E-state index contributed by atoms with van der Waals surface area (Å²) in [5.41, 5.74) is 2.51. The van der Waals surface area contributed by atoms with E-state index in [0.717, 1.165) is 5.56 Å². The first-order valence-electron chi connectivity index (χ1n) is 9.50. The molecule has 0 atom stereocenters. The first-order chi connectivity index (χ1) is 14.4. The molecular formula is C21H21N5O4. The summed E-state index contributed by atoms with van der Waals surface area (Å²) in [6, 6.07) is 7.13. The Labute approximate surface area is 172 Å². The molecule has 0 spiro atoms. The van der Waals surface area contributed by atoms with Gasteiger partial charge in [-0.25, -0.2) is 4.98 Å². The van der Waals surface area contributed by atoms with E-state index < -0.39 is 0 Å². The van der Waals surface area contributed by atoms with Crippen LogP contribution in [0.3, 0.4) is 0 Å². The van der Waals surface area contributed by atoms with Crippen LogP contribution in [0.2, 0.25) is 0 Å². The van der Waals surface area contributed by atoms with Crippen molar-refractivity contribution in [2.45, 2.75) is 27.2 Å². The van der Waals surface area contributed by atoms with Crippen LogP contribution in [0.4, 0.5) is 5.82 Å². The Morgan fingerprint density at radius 1 is 1.27 bits per heavy atom. The molecule has 1 aliphatic rings. The van der Waals surface area contributed by atoms with E-state index in [9.17, 15) is 9.59 Å². The van der Waals surface area contributed by atoms with Crippen LogP contribution in [0.25, 0.3) is 12.0 Å². The molecule has 30 heavy (non-hydrogen) atoms. The zero-order valence-electron chi connectivity index (χ0n) is 16.9. The number of rotatable bonds is 5. The third kappa shape index (κ3) is 3.82. The summed E-state index contributed by atoms with van der Waals surface area (Å²) in [6.45, 7) is 5.66. The lowest BCUT2D eigenvalue weighted by atomic mass is 10.2. The number of H-pyrrole nitrogens is 1. The van der Waals surface area contributed by atoms with Crippen molar-refractivity contribution in [3.63, 3.8) is 0 Å². The third-order valence-corrected chi connectivity index (χ3v) is 4.67. The maximum Gasteiger partial charge on any atom is 0.255 e. The van der Waals surface area contributed by atoms with Crippen LogP contribution in [0.15, 0.2) is 35.1 Å². The van der Waals surface area contributed by atoms with Crippen LogP contribution in [0.5, 0.6) is 11.5 Å². The molecule has 0 aliphatic carbocycles. The number of aromatic nitrogens is 4. The van der Waals surface area contributed by atoms with Crippen LogP contribution < -0.4 is 20.3 Å². The third-order valence-electron chi connectivity index (χ3n) is 4.67. The van der Waals surface area contributed by atoms with Gasteiger partial charge in [0, 0.05) is 23.4 Å². The Bertz CT molecular complexity index is 1210. The van der Waals surface area contributed by atoms with E-state index in [4.69, 9.17) is 9.47 Å². The molecule has 9 nitrogen and oxygen atoms in total. The van der Waals surface area contributed by atoms with Gasteiger partial charge in [-0.2, -0.15) is 9.78 Å². The van der Waals surface area contributed by atoms with Gasteiger partial charge in [-0.05, 0) is 44.0 Å². The highest BCUT2D eigenvalue weighted by molar-refractivity contribution is 6.01. The molecule has 3 heterocycles. The summed E-state index contributed by atoms with van der Waals surface area (Å²) in [7, 11) is 0. The highest BCUT2D eigenvalue weighted by Gasteiger charge is 2.15. The number of aryl methyl sites for hydroxylation is 2. The molecule has 1 aromatic carbocycles. The molecule has 2 N–H and O–H groups in total. The van der Waals surface area contributed by atoms with Crippen LogP contribution >= 0.6 is 0 Å². The van der Waals surface area contributed by atoms with Gasteiger partial charge in [-0.3, -0.25) is 14.6 Å². The lowest BCUT2D eigenvalue weighted by Crippen LogP contribution is -2.21. The van der Waals surface area contributed by atoms with Crippen LogP contribution in [-0.4, -0.2) is 32.4 Å². The van der Waals surface area contributed by atoms with Crippen molar-refractivity contribution >= 4 is 17.8 Å². The number of hydrogen-bond donors (Lipinski definition) is 2. The standard InChI is InChI=1S/C21H21N5O4/c1-4-15-13(3)22-21(24-20(15)28)26-18(9-12(2)25-26)23-19(27)8-6-14-5-7-16-17(10-14)30-11-29-16/h5-10H,4,11H2,1-3H3,(H,23,27)(H,22,24,28)/b8-6+. The Morgan fingerprint density at radius 2 is 2.07 bits per heavy atom. The molecule has 1 amide bonds.